The van der Waals surface area contributed by atoms with Crippen molar-refractivity contribution in [3.8, 4) is 0 Å². The van der Waals surface area contributed by atoms with Crippen LogP contribution in [0.3, 0.4) is 0 Å². The summed E-state index contributed by atoms with van der Waals surface area (Å²) in [6.45, 7) is -0.629. The molecule has 0 aromatic carbocycles. The molecule has 1 aliphatic carbocycles. The predicted octanol–water partition coefficient (Wildman–Crippen LogP) is 0.871. The Bertz CT molecular complexity index is 745. The van der Waals surface area contributed by atoms with Crippen LogP contribution in [0.1, 0.15) is 64.2 Å². The van der Waals surface area contributed by atoms with Gasteiger partial charge in [-0.1, -0.05) is 19.3 Å². The minimum atomic E-state index is -1.28. The summed E-state index contributed by atoms with van der Waals surface area (Å²) >= 11 is 0. The Labute approximate surface area is 198 Å². The number of nitrogens with zero attached hydrogens (tertiary/aromatic N) is 1. The van der Waals surface area contributed by atoms with Crippen LogP contribution in [0.25, 0.3) is 0 Å². The highest BCUT2D eigenvalue weighted by atomic mass is 19.1. The van der Waals surface area contributed by atoms with Crippen LogP contribution in [0.2, 0.25) is 0 Å². The lowest BCUT2D eigenvalue weighted by atomic mass is 9.83. The van der Waals surface area contributed by atoms with Gasteiger partial charge in [0.05, 0.1) is 6.04 Å². The summed E-state index contributed by atoms with van der Waals surface area (Å²) in [5, 5.41) is 24.0. The molecule has 0 spiro atoms. The van der Waals surface area contributed by atoms with E-state index < -0.39 is 48.5 Å². The summed E-state index contributed by atoms with van der Waals surface area (Å²) in [7, 11) is 0. The zero-order chi connectivity index (χ0) is 25.1. The normalized spacial score (nSPS) is 20.6. The Kier molecular flexibility index (Phi) is 11.0. The molecule has 0 unspecified atom stereocenters. The smallest absolute Gasteiger partial charge is 0.405 e. The number of nitrogens with two attached hydrogens (primary N) is 1. The van der Waals surface area contributed by atoms with Gasteiger partial charge in [0, 0.05) is 13.1 Å². The van der Waals surface area contributed by atoms with E-state index in [0.29, 0.717) is 38.8 Å². The fourth-order valence-corrected chi connectivity index (χ4v) is 4.83. The van der Waals surface area contributed by atoms with Crippen molar-refractivity contribution in [3.63, 3.8) is 0 Å². The molecule has 0 aromatic rings. The van der Waals surface area contributed by atoms with Crippen molar-refractivity contribution in [2.45, 2.75) is 82.3 Å². The lowest BCUT2D eigenvalue weighted by Gasteiger charge is -2.39. The SMILES string of the molecule is N=C(N)NCCC[C@H](NC(=O)[C@@H]1CCCCN1C(=O)[C@@H](NC(=O)O)C1CCCCC1)C(=O)CF. The molecule has 3 atom stereocenters. The van der Waals surface area contributed by atoms with Crippen LogP contribution in [-0.2, 0) is 14.4 Å². The van der Waals surface area contributed by atoms with Crippen molar-refractivity contribution < 1.29 is 28.7 Å². The first-order valence-corrected chi connectivity index (χ1v) is 12.0. The number of amides is 3. The van der Waals surface area contributed by atoms with E-state index in [-0.39, 0.29) is 18.3 Å². The second-order valence-corrected chi connectivity index (χ2v) is 9.01. The van der Waals surface area contributed by atoms with Gasteiger partial charge in [-0.3, -0.25) is 19.8 Å². The molecule has 3 amide bonds. The topological polar surface area (TPSA) is 178 Å². The van der Waals surface area contributed by atoms with E-state index in [1.807, 2.05) is 0 Å². The Hall–Kier alpha value is -2.92. The van der Waals surface area contributed by atoms with Gasteiger partial charge in [0.2, 0.25) is 11.8 Å². The summed E-state index contributed by atoms with van der Waals surface area (Å²) < 4.78 is 13.1. The maximum absolute atomic E-state index is 13.5. The quantitative estimate of drug-likeness (QED) is 0.143. The van der Waals surface area contributed by atoms with Crippen molar-refractivity contribution >= 4 is 29.7 Å². The number of carbonyl (C=O) groups excluding carboxylic acids is 3. The number of halogens is 1. The number of ketones is 1. The maximum Gasteiger partial charge on any atom is 0.405 e. The number of nitrogens with one attached hydrogen (secondary N) is 4. The third kappa shape index (κ3) is 8.14. The van der Waals surface area contributed by atoms with Crippen LogP contribution >= 0.6 is 0 Å². The van der Waals surface area contributed by atoms with Crippen molar-refractivity contribution in [2.75, 3.05) is 19.8 Å². The molecule has 34 heavy (non-hydrogen) atoms. The highest BCUT2D eigenvalue weighted by Crippen LogP contribution is 2.29. The molecule has 1 saturated heterocycles. The van der Waals surface area contributed by atoms with Crippen LogP contribution in [0.5, 0.6) is 0 Å². The van der Waals surface area contributed by atoms with E-state index >= 15 is 0 Å². The van der Waals surface area contributed by atoms with Gasteiger partial charge < -0.3 is 31.7 Å². The van der Waals surface area contributed by atoms with Gasteiger partial charge in [0.25, 0.3) is 0 Å². The van der Waals surface area contributed by atoms with Gasteiger partial charge in [0.1, 0.15) is 18.8 Å². The molecule has 12 heteroatoms. The number of alkyl halides is 1. The average Bonchev–Trinajstić information content (AvgIpc) is 2.83. The standard InChI is InChI=1S/C22H37FN6O5/c23-13-17(30)15(9-6-11-26-21(24)25)27-19(31)16-10-4-5-12-29(16)20(32)18(28-22(33)34)14-7-2-1-3-8-14/h14-16,18,28H,1-13H2,(H,27,31)(H,33,34)(H4,24,25,26)/t15-,16-,18-/m0/s1. The molecule has 1 heterocycles. The van der Waals surface area contributed by atoms with Crippen LogP contribution in [0.4, 0.5) is 9.18 Å². The number of hydrogen-bond donors (Lipinski definition) is 6. The van der Waals surface area contributed by atoms with Crippen molar-refractivity contribution in [1.29, 1.82) is 5.41 Å². The first-order valence-electron chi connectivity index (χ1n) is 12.0. The van der Waals surface area contributed by atoms with E-state index in [1.165, 1.54) is 4.90 Å². The van der Waals surface area contributed by atoms with Crippen LogP contribution in [-0.4, -0.2) is 77.5 Å². The van der Waals surface area contributed by atoms with Gasteiger partial charge in [-0.05, 0) is 50.9 Å². The highest BCUT2D eigenvalue weighted by Gasteiger charge is 2.40. The number of carbonyl (C=O) groups is 4. The van der Waals surface area contributed by atoms with Crippen molar-refractivity contribution in [1.82, 2.24) is 20.9 Å². The largest absolute Gasteiger partial charge is 0.465 e. The molecule has 1 aliphatic heterocycles. The number of rotatable bonds is 11. The van der Waals surface area contributed by atoms with Gasteiger partial charge in [-0.2, -0.15) is 0 Å². The van der Waals surface area contributed by atoms with Gasteiger partial charge in [0.15, 0.2) is 11.7 Å². The molecular formula is C22H37FN6O5. The predicted molar refractivity (Wildman–Crippen MR) is 123 cm³/mol. The molecule has 2 rings (SSSR count). The summed E-state index contributed by atoms with van der Waals surface area (Å²) in [6, 6.07) is -2.84. The van der Waals surface area contributed by atoms with Crippen LogP contribution < -0.4 is 21.7 Å². The second-order valence-electron chi connectivity index (χ2n) is 9.01. The van der Waals surface area contributed by atoms with Crippen LogP contribution in [0.15, 0.2) is 0 Å². The fraction of sp³-hybridized carbons (Fsp3) is 0.773. The zero-order valence-electron chi connectivity index (χ0n) is 19.5. The number of Topliss-reactive ketones (excluding diaryl/α,β-unsaturated/α-hetero) is 1. The molecule has 0 radical (unpaired) electrons. The first kappa shape index (κ1) is 27.3. The van der Waals surface area contributed by atoms with E-state index in [1.54, 1.807) is 0 Å². The van der Waals surface area contributed by atoms with E-state index in [2.05, 4.69) is 16.0 Å². The molecule has 2 aliphatic rings. The Balaban J connectivity index is 2.11. The van der Waals surface area contributed by atoms with Gasteiger partial charge >= 0.3 is 6.09 Å². The lowest BCUT2D eigenvalue weighted by molar-refractivity contribution is -0.145. The van der Waals surface area contributed by atoms with Crippen molar-refractivity contribution in [2.24, 2.45) is 11.7 Å². The number of piperidine rings is 1. The number of guanidine groups is 1. The highest BCUT2D eigenvalue weighted by molar-refractivity contribution is 5.94. The lowest BCUT2D eigenvalue weighted by Crippen LogP contribution is -2.60. The molecule has 11 nitrogen and oxygen atoms in total. The minimum absolute atomic E-state index is 0.127. The summed E-state index contributed by atoms with van der Waals surface area (Å²) in [4.78, 5) is 51.5. The van der Waals surface area contributed by atoms with Crippen molar-refractivity contribution in [3.05, 3.63) is 0 Å². The monoisotopic (exact) mass is 484 g/mol. The third-order valence-electron chi connectivity index (χ3n) is 6.58. The Morgan fingerprint density at radius 3 is 2.35 bits per heavy atom. The van der Waals surface area contributed by atoms with E-state index in [9.17, 15) is 28.7 Å². The second kappa shape index (κ2) is 13.7. The van der Waals surface area contributed by atoms with E-state index in [4.69, 9.17) is 11.1 Å². The Morgan fingerprint density at radius 2 is 1.74 bits per heavy atom. The fourth-order valence-electron chi connectivity index (χ4n) is 4.83. The van der Waals surface area contributed by atoms with Crippen LogP contribution in [0, 0.1) is 11.3 Å². The molecule has 0 aromatic heterocycles. The summed E-state index contributed by atoms with van der Waals surface area (Å²) in [5.74, 6) is -2.09. The Morgan fingerprint density at radius 1 is 1.06 bits per heavy atom. The zero-order valence-corrected chi connectivity index (χ0v) is 19.5. The first-order chi connectivity index (χ1) is 16.2. The summed E-state index contributed by atoms with van der Waals surface area (Å²) in [6.07, 6.45) is 5.37. The maximum atomic E-state index is 13.5. The number of likely N-dealkylation sites (tertiary alicyclic amines) is 1. The molecule has 2 fully saturated rings. The summed E-state index contributed by atoms with van der Waals surface area (Å²) in [5.41, 5.74) is 5.22. The van der Waals surface area contributed by atoms with Gasteiger partial charge in [-0.25, -0.2) is 9.18 Å². The molecule has 7 N–H and O–H groups in total. The molecule has 192 valence electrons. The number of carboxylic acid groups (broad SMARTS) is 1. The van der Waals surface area contributed by atoms with E-state index in [0.717, 1.165) is 32.1 Å². The third-order valence-corrected chi connectivity index (χ3v) is 6.58. The minimum Gasteiger partial charge on any atom is -0.465 e. The molecule has 0 bridgehead atoms. The molecule has 1 saturated carbocycles. The average molecular weight is 485 g/mol. The van der Waals surface area contributed by atoms with Gasteiger partial charge in [-0.15, -0.1) is 0 Å². The molecular weight excluding hydrogens is 447 g/mol. The number of hydrogen-bond acceptors (Lipinski definition) is 5.